The molecule has 0 aromatic heterocycles. The molecule has 98 valence electrons. The van der Waals surface area contributed by atoms with Gasteiger partial charge in [0.1, 0.15) is 0 Å². The first-order valence-electron chi connectivity index (χ1n) is 6.02. The first-order valence-corrected chi connectivity index (χ1v) is 7.19. The fourth-order valence-electron chi connectivity index (χ4n) is 2.20. The van der Waals surface area contributed by atoms with E-state index in [0.29, 0.717) is 10.6 Å². The molecule has 1 fully saturated rings. The molecule has 18 heavy (non-hydrogen) atoms. The quantitative estimate of drug-likeness (QED) is 0.874. The highest BCUT2D eigenvalue weighted by Gasteiger charge is 2.25. The van der Waals surface area contributed by atoms with E-state index in [1.54, 1.807) is 18.2 Å². The molecule has 1 saturated carbocycles. The van der Waals surface area contributed by atoms with Gasteiger partial charge in [0.25, 0.3) is 5.91 Å². The van der Waals surface area contributed by atoms with E-state index >= 15 is 0 Å². The maximum absolute atomic E-state index is 12.1. The van der Waals surface area contributed by atoms with Crippen LogP contribution in [0.1, 0.15) is 36.0 Å². The van der Waals surface area contributed by atoms with E-state index in [2.05, 4.69) is 21.2 Å². The van der Waals surface area contributed by atoms with Gasteiger partial charge in [0.15, 0.2) is 0 Å². The first kappa shape index (κ1) is 13.8. The molecule has 0 saturated heterocycles. The third kappa shape index (κ3) is 3.25. The Labute approximate surface area is 120 Å². The number of benzene rings is 1. The van der Waals surface area contributed by atoms with Crippen molar-refractivity contribution in [2.75, 3.05) is 0 Å². The fraction of sp³-hybridized carbons (Fsp3) is 0.462. The molecule has 5 heteroatoms. The number of hydrogen-bond acceptors (Lipinski definition) is 2. The molecule has 0 heterocycles. The van der Waals surface area contributed by atoms with Gasteiger partial charge in [0.05, 0.1) is 22.7 Å². The van der Waals surface area contributed by atoms with Gasteiger partial charge in [-0.25, -0.2) is 0 Å². The van der Waals surface area contributed by atoms with Crippen LogP contribution in [0, 0.1) is 0 Å². The Morgan fingerprint density at radius 1 is 1.39 bits per heavy atom. The van der Waals surface area contributed by atoms with Crippen molar-refractivity contribution in [3.63, 3.8) is 0 Å². The zero-order valence-corrected chi connectivity index (χ0v) is 12.2. The third-order valence-electron chi connectivity index (χ3n) is 3.22. The third-order valence-corrected chi connectivity index (χ3v) is 4.03. The van der Waals surface area contributed by atoms with Crippen LogP contribution in [0.15, 0.2) is 22.7 Å². The molecule has 2 atom stereocenters. The summed E-state index contributed by atoms with van der Waals surface area (Å²) in [5, 5.41) is 13.1. The smallest absolute Gasteiger partial charge is 0.253 e. The van der Waals surface area contributed by atoms with Crippen molar-refractivity contribution in [3.05, 3.63) is 33.3 Å². The van der Waals surface area contributed by atoms with Crippen LogP contribution in [0.4, 0.5) is 0 Å². The Kier molecular flexibility index (Phi) is 4.65. The lowest BCUT2D eigenvalue weighted by Crippen LogP contribution is -2.45. The Balaban J connectivity index is 2.07. The molecule has 0 spiro atoms. The number of amides is 1. The summed E-state index contributed by atoms with van der Waals surface area (Å²) in [6, 6.07) is 4.98. The van der Waals surface area contributed by atoms with Crippen molar-refractivity contribution in [1.82, 2.24) is 5.32 Å². The summed E-state index contributed by atoms with van der Waals surface area (Å²) in [7, 11) is 0. The van der Waals surface area contributed by atoms with Crippen LogP contribution in [0.3, 0.4) is 0 Å². The second-order valence-corrected chi connectivity index (χ2v) is 5.88. The second-order valence-electron chi connectivity index (χ2n) is 4.56. The molecule has 0 unspecified atom stereocenters. The van der Waals surface area contributed by atoms with Crippen molar-refractivity contribution in [2.45, 2.75) is 37.8 Å². The van der Waals surface area contributed by atoms with E-state index in [9.17, 15) is 9.90 Å². The minimum Gasteiger partial charge on any atom is -0.391 e. The van der Waals surface area contributed by atoms with Gasteiger partial charge in [0.2, 0.25) is 0 Å². The van der Waals surface area contributed by atoms with E-state index in [1.807, 2.05) is 0 Å². The molecule has 0 aliphatic heterocycles. The number of aliphatic hydroxyl groups is 1. The SMILES string of the molecule is O=C(N[C@@H]1CCCC[C@H]1O)c1ccc(Br)cc1Cl. The van der Waals surface area contributed by atoms with E-state index in [1.165, 1.54) is 0 Å². The number of hydrogen-bond donors (Lipinski definition) is 2. The van der Waals surface area contributed by atoms with Crippen LogP contribution in [0.25, 0.3) is 0 Å². The number of carbonyl (C=O) groups excluding carboxylic acids is 1. The Bertz CT molecular complexity index is 453. The van der Waals surface area contributed by atoms with Crippen LogP contribution in [-0.2, 0) is 0 Å². The molecule has 0 radical (unpaired) electrons. The van der Waals surface area contributed by atoms with E-state index in [0.717, 1.165) is 30.2 Å². The average Bonchev–Trinajstić information content (AvgIpc) is 2.32. The summed E-state index contributed by atoms with van der Waals surface area (Å²) in [5.41, 5.74) is 0.442. The summed E-state index contributed by atoms with van der Waals surface area (Å²) < 4.78 is 0.835. The van der Waals surface area contributed by atoms with Gasteiger partial charge >= 0.3 is 0 Å². The maximum atomic E-state index is 12.1. The van der Waals surface area contributed by atoms with Crippen molar-refractivity contribution in [3.8, 4) is 0 Å². The number of rotatable bonds is 2. The molecule has 1 aromatic rings. The van der Waals surface area contributed by atoms with Crippen LogP contribution < -0.4 is 5.32 Å². The van der Waals surface area contributed by atoms with Crippen LogP contribution in [-0.4, -0.2) is 23.2 Å². The lowest BCUT2D eigenvalue weighted by atomic mass is 9.92. The normalized spacial score (nSPS) is 23.7. The topological polar surface area (TPSA) is 49.3 Å². The summed E-state index contributed by atoms with van der Waals surface area (Å²) in [6.07, 6.45) is 3.18. The molecule has 1 aliphatic rings. The predicted octanol–water partition coefficient (Wildman–Crippen LogP) is 3.14. The summed E-state index contributed by atoms with van der Waals surface area (Å²) in [5.74, 6) is -0.224. The Hall–Kier alpha value is -0.580. The molecule has 2 rings (SSSR count). The van der Waals surface area contributed by atoms with Gasteiger partial charge in [-0.3, -0.25) is 4.79 Å². The molecule has 1 amide bonds. The van der Waals surface area contributed by atoms with Crippen molar-refractivity contribution >= 4 is 33.4 Å². The van der Waals surface area contributed by atoms with Gasteiger partial charge < -0.3 is 10.4 Å². The summed E-state index contributed by atoms with van der Waals surface area (Å²) in [6.45, 7) is 0. The van der Waals surface area contributed by atoms with Crippen molar-refractivity contribution in [1.29, 1.82) is 0 Å². The summed E-state index contributed by atoms with van der Waals surface area (Å²) in [4.78, 5) is 12.1. The largest absolute Gasteiger partial charge is 0.391 e. The van der Waals surface area contributed by atoms with E-state index in [-0.39, 0.29) is 11.9 Å². The first-order chi connectivity index (χ1) is 8.58. The number of aliphatic hydroxyl groups excluding tert-OH is 1. The van der Waals surface area contributed by atoms with Crippen molar-refractivity contribution < 1.29 is 9.90 Å². The number of halogens is 2. The minimum atomic E-state index is -0.447. The summed E-state index contributed by atoms with van der Waals surface area (Å²) >= 11 is 9.32. The van der Waals surface area contributed by atoms with Crippen molar-refractivity contribution in [2.24, 2.45) is 0 Å². The number of nitrogens with one attached hydrogen (secondary N) is 1. The van der Waals surface area contributed by atoms with Gasteiger partial charge in [-0.15, -0.1) is 0 Å². The molecular formula is C13H15BrClNO2. The van der Waals surface area contributed by atoms with E-state index < -0.39 is 6.10 Å². The van der Waals surface area contributed by atoms with Gasteiger partial charge in [-0.2, -0.15) is 0 Å². The van der Waals surface area contributed by atoms with Crippen LogP contribution in [0.2, 0.25) is 5.02 Å². The zero-order chi connectivity index (χ0) is 13.1. The molecule has 0 bridgehead atoms. The lowest BCUT2D eigenvalue weighted by Gasteiger charge is -2.28. The van der Waals surface area contributed by atoms with Gasteiger partial charge in [0, 0.05) is 4.47 Å². The van der Waals surface area contributed by atoms with Crippen LogP contribution in [0.5, 0.6) is 0 Å². The molecule has 2 N–H and O–H groups in total. The fourth-order valence-corrected chi connectivity index (χ4v) is 2.96. The van der Waals surface area contributed by atoms with Gasteiger partial charge in [-0.1, -0.05) is 40.4 Å². The standard InChI is InChI=1S/C13H15BrClNO2/c14-8-5-6-9(10(15)7-8)13(18)16-11-3-1-2-4-12(11)17/h5-7,11-12,17H,1-4H2,(H,16,18)/t11-,12-/m1/s1. The molecule has 1 aliphatic carbocycles. The van der Waals surface area contributed by atoms with Crippen LogP contribution >= 0.6 is 27.5 Å². The predicted molar refractivity (Wildman–Crippen MR) is 74.9 cm³/mol. The Morgan fingerprint density at radius 2 is 2.11 bits per heavy atom. The highest BCUT2D eigenvalue weighted by Crippen LogP contribution is 2.23. The van der Waals surface area contributed by atoms with E-state index in [4.69, 9.17) is 11.6 Å². The molecular weight excluding hydrogens is 318 g/mol. The molecule has 3 nitrogen and oxygen atoms in total. The maximum Gasteiger partial charge on any atom is 0.253 e. The Morgan fingerprint density at radius 3 is 2.78 bits per heavy atom. The average molecular weight is 333 g/mol. The second kappa shape index (κ2) is 6.04. The number of carbonyl (C=O) groups is 1. The zero-order valence-electron chi connectivity index (χ0n) is 9.83. The monoisotopic (exact) mass is 331 g/mol. The minimum absolute atomic E-state index is 0.161. The molecule has 1 aromatic carbocycles. The van der Waals surface area contributed by atoms with Gasteiger partial charge in [-0.05, 0) is 31.0 Å². The highest BCUT2D eigenvalue weighted by atomic mass is 79.9. The highest BCUT2D eigenvalue weighted by molar-refractivity contribution is 9.10. The lowest BCUT2D eigenvalue weighted by molar-refractivity contribution is 0.0717.